The minimum Gasteiger partial charge on any atom is -0.465 e. The zero-order valence-electron chi connectivity index (χ0n) is 16.2. The molecule has 0 atom stereocenters. The van der Waals surface area contributed by atoms with Gasteiger partial charge in [0.15, 0.2) is 11.6 Å². The van der Waals surface area contributed by atoms with Crippen molar-refractivity contribution in [2.45, 2.75) is 0 Å². The van der Waals surface area contributed by atoms with Gasteiger partial charge in [-0.1, -0.05) is 11.2 Å². The molecule has 0 radical (unpaired) electrons. The first-order valence-electron chi connectivity index (χ1n) is 8.81. The number of aromatic nitrogens is 4. The summed E-state index contributed by atoms with van der Waals surface area (Å²) in [5.41, 5.74) is -0.167. The highest BCUT2D eigenvalue weighted by molar-refractivity contribution is 5.95. The van der Waals surface area contributed by atoms with Gasteiger partial charge in [-0.15, -0.1) is 5.10 Å². The Labute approximate surface area is 172 Å². The number of methoxy groups -OCH3 is 1. The first-order valence-corrected chi connectivity index (χ1v) is 8.81. The van der Waals surface area contributed by atoms with Gasteiger partial charge in [-0.25, -0.2) is 18.6 Å². The molecule has 0 aliphatic rings. The topological polar surface area (TPSA) is 94.0 Å². The van der Waals surface area contributed by atoms with Crippen LogP contribution in [0.1, 0.15) is 16.1 Å². The molecule has 1 aromatic carbocycles. The zero-order chi connectivity index (χ0) is 22.3. The summed E-state index contributed by atoms with van der Waals surface area (Å²) in [6, 6.07) is 4.86. The van der Waals surface area contributed by atoms with E-state index < -0.39 is 23.6 Å². The Balaban J connectivity index is 2.06. The number of imidazole rings is 1. The van der Waals surface area contributed by atoms with Gasteiger partial charge in [0.1, 0.15) is 11.3 Å². The van der Waals surface area contributed by atoms with Gasteiger partial charge < -0.3 is 9.94 Å². The average Bonchev–Trinajstić information content (AvgIpc) is 3.28. The number of nitrogens with zero attached hydrogens (tertiary/aromatic N) is 5. The smallest absolute Gasteiger partial charge is 0.338 e. The first kappa shape index (κ1) is 20.1. The monoisotopic (exact) mass is 429 g/mol. The average molecular weight is 429 g/mol. The molecule has 1 N–H and O–H groups in total. The van der Waals surface area contributed by atoms with Gasteiger partial charge in [0.05, 0.1) is 30.1 Å². The van der Waals surface area contributed by atoms with Gasteiger partial charge in [-0.05, 0) is 18.2 Å². The quantitative estimate of drug-likeness (QED) is 0.232. The number of aryl methyl sites for hydroxylation is 1. The van der Waals surface area contributed by atoms with E-state index in [2.05, 4.69) is 20.0 Å². The predicted octanol–water partition coefficient (Wildman–Crippen LogP) is 3.41. The fourth-order valence-corrected chi connectivity index (χ4v) is 3.32. The second-order valence-corrected chi connectivity index (χ2v) is 6.52. The second kappa shape index (κ2) is 7.59. The Hall–Kier alpha value is -4.15. The highest BCUT2D eigenvalue weighted by Gasteiger charge is 2.25. The summed E-state index contributed by atoms with van der Waals surface area (Å²) in [7, 11) is 2.69. The molecular formula is C20H14F3N5O3. The molecule has 4 rings (SSSR count). The second-order valence-electron chi connectivity index (χ2n) is 6.52. The number of fused-ring (bicyclic) bond motifs is 1. The van der Waals surface area contributed by atoms with Crippen LogP contribution in [0.25, 0.3) is 28.0 Å². The van der Waals surface area contributed by atoms with E-state index in [-0.39, 0.29) is 39.3 Å². The number of benzene rings is 1. The molecule has 0 saturated heterocycles. The summed E-state index contributed by atoms with van der Waals surface area (Å²) in [6.07, 6.45) is 3.72. The zero-order valence-corrected chi connectivity index (χ0v) is 16.2. The molecule has 0 fully saturated rings. The van der Waals surface area contributed by atoms with Gasteiger partial charge in [-0.2, -0.15) is 4.39 Å². The lowest BCUT2D eigenvalue weighted by Crippen LogP contribution is -2.02. The molecule has 4 aromatic rings. The highest BCUT2D eigenvalue weighted by Crippen LogP contribution is 2.37. The van der Waals surface area contributed by atoms with Gasteiger partial charge in [0, 0.05) is 30.6 Å². The van der Waals surface area contributed by atoms with Crippen LogP contribution in [0.2, 0.25) is 0 Å². The van der Waals surface area contributed by atoms with Crippen molar-refractivity contribution in [2.75, 3.05) is 7.11 Å². The first-order chi connectivity index (χ1) is 14.8. The molecule has 31 heavy (non-hydrogen) atoms. The molecule has 3 aromatic heterocycles. The van der Waals surface area contributed by atoms with Gasteiger partial charge in [0.25, 0.3) is 0 Å². The Morgan fingerprint density at radius 3 is 2.65 bits per heavy atom. The van der Waals surface area contributed by atoms with Crippen LogP contribution in [0.5, 0.6) is 0 Å². The number of pyridine rings is 1. The molecule has 0 aliphatic carbocycles. The van der Waals surface area contributed by atoms with Crippen LogP contribution in [0.15, 0.2) is 41.8 Å². The molecule has 11 heteroatoms. The Bertz CT molecular complexity index is 1360. The summed E-state index contributed by atoms with van der Waals surface area (Å²) in [5, 5.41) is 15.7. The van der Waals surface area contributed by atoms with Crippen LogP contribution in [-0.2, 0) is 11.8 Å². The third kappa shape index (κ3) is 3.29. The number of rotatable bonds is 4. The molecule has 0 unspecified atom stereocenters. The van der Waals surface area contributed by atoms with Crippen LogP contribution < -0.4 is 0 Å². The van der Waals surface area contributed by atoms with Crippen molar-refractivity contribution in [1.82, 2.24) is 19.2 Å². The van der Waals surface area contributed by atoms with Crippen LogP contribution >= 0.6 is 0 Å². The number of oxime groups is 1. The predicted molar refractivity (Wildman–Crippen MR) is 103 cm³/mol. The third-order valence-electron chi connectivity index (χ3n) is 4.67. The van der Waals surface area contributed by atoms with E-state index in [1.54, 1.807) is 0 Å². The number of halogens is 3. The summed E-state index contributed by atoms with van der Waals surface area (Å²) in [5.74, 6) is -3.96. The number of carbonyl (C=O) groups excluding carboxylic acids is 1. The molecule has 8 nitrogen and oxygen atoms in total. The summed E-state index contributed by atoms with van der Waals surface area (Å²) >= 11 is 0. The normalized spacial score (nSPS) is 11.5. The minimum atomic E-state index is -1.27. The lowest BCUT2D eigenvalue weighted by molar-refractivity contribution is 0.0600. The number of hydrogen-bond donors (Lipinski definition) is 1. The number of esters is 1. The standard InChI is InChI=1S/C20H14F3N5O3/c1-27-9-12(19(23)26-27)11-3-4-13(21)17(22)16(11)18-14(8-24-30)28-6-5-10(20(29)31-2)7-15(28)25-18/h3-9,30H,1-2H3/b24-8+. The maximum Gasteiger partial charge on any atom is 0.338 e. The molecular weight excluding hydrogens is 415 g/mol. The van der Waals surface area contributed by atoms with Crippen molar-refractivity contribution in [2.24, 2.45) is 12.2 Å². The molecule has 3 heterocycles. The van der Waals surface area contributed by atoms with E-state index in [1.165, 1.54) is 53.8 Å². The number of hydrogen-bond acceptors (Lipinski definition) is 6. The van der Waals surface area contributed by atoms with Crippen molar-refractivity contribution in [3.8, 4) is 22.4 Å². The molecule has 0 saturated carbocycles. The molecule has 0 aliphatic heterocycles. The summed E-state index contributed by atoms with van der Waals surface area (Å²) in [4.78, 5) is 16.1. The van der Waals surface area contributed by atoms with E-state index >= 15 is 4.39 Å². The van der Waals surface area contributed by atoms with E-state index in [0.717, 1.165) is 12.3 Å². The molecule has 0 spiro atoms. The third-order valence-corrected chi connectivity index (χ3v) is 4.67. The maximum absolute atomic E-state index is 15.0. The number of carbonyl (C=O) groups is 1. The minimum absolute atomic E-state index is 0.00585. The fraction of sp³-hybridized carbons (Fsp3) is 0.100. The molecule has 0 bridgehead atoms. The van der Waals surface area contributed by atoms with E-state index in [4.69, 9.17) is 5.21 Å². The van der Waals surface area contributed by atoms with Gasteiger partial charge in [-0.3, -0.25) is 9.08 Å². The van der Waals surface area contributed by atoms with Crippen LogP contribution in [-0.4, -0.2) is 43.7 Å². The van der Waals surface area contributed by atoms with Crippen molar-refractivity contribution in [1.29, 1.82) is 0 Å². The van der Waals surface area contributed by atoms with E-state index in [9.17, 15) is 13.6 Å². The largest absolute Gasteiger partial charge is 0.465 e. The highest BCUT2D eigenvalue weighted by atomic mass is 19.2. The summed E-state index contributed by atoms with van der Waals surface area (Å²) < 4.78 is 50.9. The molecule has 158 valence electrons. The van der Waals surface area contributed by atoms with Crippen LogP contribution in [0, 0.1) is 17.6 Å². The Kier molecular flexibility index (Phi) is 4.93. The van der Waals surface area contributed by atoms with Crippen LogP contribution in [0.4, 0.5) is 13.2 Å². The molecule has 0 amide bonds. The Morgan fingerprint density at radius 1 is 1.23 bits per heavy atom. The van der Waals surface area contributed by atoms with Crippen molar-refractivity contribution >= 4 is 17.8 Å². The van der Waals surface area contributed by atoms with E-state index in [0.29, 0.717) is 0 Å². The van der Waals surface area contributed by atoms with Gasteiger partial charge in [0.2, 0.25) is 5.95 Å². The maximum atomic E-state index is 15.0. The van der Waals surface area contributed by atoms with Crippen LogP contribution in [0.3, 0.4) is 0 Å². The Morgan fingerprint density at radius 2 is 2.00 bits per heavy atom. The fourth-order valence-electron chi connectivity index (χ4n) is 3.32. The summed E-state index contributed by atoms with van der Waals surface area (Å²) in [6.45, 7) is 0. The lowest BCUT2D eigenvalue weighted by Gasteiger charge is -2.09. The SMILES string of the molecule is COC(=O)c1ccn2c(/C=N/O)c(-c3c(-c4cn(C)nc4F)ccc(F)c3F)nc2c1. The van der Waals surface area contributed by atoms with E-state index in [1.807, 2.05) is 0 Å². The van der Waals surface area contributed by atoms with Crippen molar-refractivity contribution in [3.63, 3.8) is 0 Å². The van der Waals surface area contributed by atoms with Crippen molar-refractivity contribution < 1.29 is 27.9 Å². The number of ether oxygens (including phenoxy) is 1. The van der Waals surface area contributed by atoms with Gasteiger partial charge >= 0.3 is 5.97 Å². The lowest BCUT2D eigenvalue weighted by atomic mass is 9.98. The van der Waals surface area contributed by atoms with Crippen molar-refractivity contribution in [3.05, 3.63) is 65.5 Å².